The Hall–Kier alpha value is -0.650. The average Bonchev–Trinajstić information content (AvgIpc) is 2.38. The topological polar surface area (TPSA) is 32.5 Å². The Labute approximate surface area is 128 Å². The number of halogens is 1. The van der Waals surface area contributed by atoms with Gasteiger partial charge in [-0.15, -0.1) is 0 Å². The molecule has 1 fully saturated rings. The van der Waals surface area contributed by atoms with E-state index in [-0.39, 0.29) is 0 Å². The molecule has 2 rings (SSSR count). The highest BCUT2D eigenvalue weighted by atomic mass is 79.9. The maximum absolute atomic E-state index is 5.68. The molecule has 0 bridgehead atoms. The van der Waals surface area contributed by atoms with Gasteiger partial charge in [0.25, 0.3) is 0 Å². The number of piperidine rings is 1. The van der Waals surface area contributed by atoms with E-state index in [0.29, 0.717) is 11.0 Å². The normalized spacial score (nSPS) is 17.4. The maximum atomic E-state index is 5.68. The lowest BCUT2D eigenvalue weighted by Crippen LogP contribution is -2.42. The van der Waals surface area contributed by atoms with Gasteiger partial charge in [-0.05, 0) is 67.1 Å². The third kappa shape index (κ3) is 3.46. The Kier molecular flexibility index (Phi) is 4.81. The molecule has 3 nitrogen and oxygen atoms in total. The van der Waals surface area contributed by atoms with E-state index in [0.717, 1.165) is 10.0 Å². The van der Waals surface area contributed by atoms with Crippen LogP contribution in [0, 0.1) is 0 Å². The predicted octanol–water partition coefficient (Wildman–Crippen LogP) is 2.61. The summed E-state index contributed by atoms with van der Waals surface area (Å²) in [7, 11) is 4.35. The number of benzene rings is 1. The van der Waals surface area contributed by atoms with Crippen LogP contribution in [0.15, 0.2) is 22.7 Å². The van der Waals surface area contributed by atoms with Crippen molar-refractivity contribution < 1.29 is 0 Å². The smallest absolute Gasteiger partial charge is 0.105 e. The molecule has 1 aliphatic rings. The summed E-state index contributed by atoms with van der Waals surface area (Å²) < 4.78 is 0.970. The summed E-state index contributed by atoms with van der Waals surface area (Å²) in [5, 5.41) is 0. The molecule has 0 spiro atoms. The molecule has 1 heterocycles. The van der Waals surface area contributed by atoms with Crippen LogP contribution in [-0.2, 0) is 0 Å². The van der Waals surface area contributed by atoms with Crippen molar-refractivity contribution in [3.05, 3.63) is 28.2 Å². The second kappa shape index (κ2) is 6.20. The summed E-state index contributed by atoms with van der Waals surface area (Å²) >= 11 is 8.57. The number of rotatable bonds is 3. The van der Waals surface area contributed by atoms with Crippen LogP contribution in [0.5, 0.6) is 0 Å². The Morgan fingerprint density at radius 1 is 1.42 bits per heavy atom. The van der Waals surface area contributed by atoms with Gasteiger partial charge in [0.1, 0.15) is 4.99 Å². The van der Waals surface area contributed by atoms with Crippen molar-refractivity contribution in [1.82, 2.24) is 4.90 Å². The highest BCUT2D eigenvalue weighted by Crippen LogP contribution is 2.27. The van der Waals surface area contributed by atoms with Crippen LogP contribution in [0.4, 0.5) is 5.69 Å². The minimum Gasteiger partial charge on any atom is -0.389 e. The molecule has 0 aromatic heterocycles. The summed E-state index contributed by atoms with van der Waals surface area (Å²) in [6.07, 6.45) is 2.42. The molecule has 1 aromatic rings. The molecule has 1 saturated heterocycles. The quantitative estimate of drug-likeness (QED) is 0.856. The van der Waals surface area contributed by atoms with Gasteiger partial charge in [0.15, 0.2) is 0 Å². The van der Waals surface area contributed by atoms with E-state index in [4.69, 9.17) is 18.0 Å². The second-order valence-electron chi connectivity index (χ2n) is 5.17. The average molecular weight is 342 g/mol. The van der Waals surface area contributed by atoms with E-state index >= 15 is 0 Å². The van der Waals surface area contributed by atoms with Crippen molar-refractivity contribution in [2.45, 2.75) is 18.9 Å². The van der Waals surface area contributed by atoms with Crippen molar-refractivity contribution in [3.63, 3.8) is 0 Å². The molecule has 0 aliphatic carbocycles. The fourth-order valence-corrected chi connectivity index (χ4v) is 3.41. The summed E-state index contributed by atoms with van der Waals surface area (Å²) in [4.78, 5) is 5.18. The number of likely N-dealkylation sites (tertiary alicyclic amines) is 1. The van der Waals surface area contributed by atoms with Crippen molar-refractivity contribution in [1.29, 1.82) is 0 Å². The van der Waals surface area contributed by atoms with E-state index < -0.39 is 0 Å². The summed E-state index contributed by atoms with van der Waals surface area (Å²) in [6.45, 7) is 2.34. The molecule has 0 amide bonds. The lowest BCUT2D eigenvalue weighted by molar-refractivity contribution is 0.253. The largest absolute Gasteiger partial charge is 0.389 e. The minimum absolute atomic E-state index is 0.431. The van der Waals surface area contributed by atoms with Gasteiger partial charge in [-0.3, -0.25) is 0 Å². The third-order valence-electron chi connectivity index (χ3n) is 3.86. The molecule has 2 N–H and O–H groups in total. The Morgan fingerprint density at radius 2 is 2.05 bits per heavy atom. The summed E-state index contributed by atoms with van der Waals surface area (Å²) in [6, 6.07) is 6.80. The van der Waals surface area contributed by atoms with Crippen LogP contribution >= 0.6 is 28.1 Å². The first-order valence-electron chi connectivity index (χ1n) is 6.50. The van der Waals surface area contributed by atoms with Crippen LogP contribution in [0.2, 0.25) is 0 Å². The first-order chi connectivity index (χ1) is 8.99. The number of hydrogen-bond acceptors (Lipinski definition) is 3. The van der Waals surface area contributed by atoms with Gasteiger partial charge in [-0.1, -0.05) is 12.2 Å². The van der Waals surface area contributed by atoms with Gasteiger partial charge < -0.3 is 15.5 Å². The lowest BCUT2D eigenvalue weighted by atomic mass is 10.0. The summed E-state index contributed by atoms with van der Waals surface area (Å²) in [5.41, 5.74) is 7.79. The Morgan fingerprint density at radius 3 is 2.58 bits per heavy atom. The van der Waals surface area contributed by atoms with E-state index in [1.807, 2.05) is 6.07 Å². The molecule has 1 aromatic carbocycles. The zero-order chi connectivity index (χ0) is 14.0. The van der Waals surface area contributed by atoms with E-state index in [1.54, 1.807) is 0 Å². The van der Waals surface area contributed by atoms with Gasteiger partial charge >= 0.3 is 0 Å². The molecule has 19 heavy (non-hydrogen) atoms. The van der Waals surface area contributed by atoms with Gasteiger partial charge in [0.05, 0.1) is 0 Å². The molecule has 0 unspecified atom stereocenters. The number of thiocarbonyl (C=S) groups is 1. The zero-order valence-corrected chi connectivity index (χ0v) is 13.8. The molecular weight excluding hydrogens is 322 g/mol. The van der Waals surface area contributed by atoms with Crippen molar-refractivity contribution in [3.8, 4) is 0 Å². The third-order valence-corrected chi connectivity index (χ3v) is 4.74. The lowest BCUT2D eigenvalue weighted by Gasteiger charge is -2.36. The van der Waals surface area contributed by atoms with Crippen molar-refractivity contribution in [2.75, 3.05) is 32.1 Å². The fraction of sp³-hybridized carbons (Fsp3) is 0.500. The first kappa shape index (κ1) is 14.8. The van der Waals surface area contributed by atoms with Gasteiger partial charge in [0, 0.05) is 28.8 Å². The van der Waals surface area contributed by atoms with E-state index in [2.05, 4.69) is 52.0 Å². The fourth-order valence-electron chi connectivity index (χ4n) is 2.52. The molecule has 5 heteroatoms. The molecule has 0 radical (unpaired) electrons. The molecule has 0 atom stereocenters. The van der Waals surface area contributed by atoms with Gasteiger partial charge in [-0.25, -0.2) is 0 Å². The standard InChI is InChI=1S/C14H20BrN3S/c1-17-7-5-10(6-8-17)18(2)11-3-4-12(14(16)19)13(15)9-11/h3-4,9-10H,5-8H2,1-2H3,(H2,16,19). The Bertz CT molecular complexity index is 470. The van der Waals surface area contributed by atoms with Crippen LogP contribution in [0.25, 0.3) is 0 Å². The van der Waals surface area contributed by atoms with Gasteiger partial charge in [-0.2, -0.15) is 0 Å². The van der Waals surface area contributed by atoms with Crippen molar-refractivity contribution >= 4 is 38.8 Å². The van der Waals surface area contributed by atoms with Crippen LogP contribution in [-0.4, -0.2) is 43.1 Å². The number of nitrogens with two attached hydrogens (primary N) is 1. The zero-order valence-electron chi connectivity index (χ0n) is 11.4. The van der Waals surface area contributed by atoms with Crippen LogP contribution < -0.4 is 10.6 Å². The molecule has 1 aliphatic heterocycles. The van der Waals surface area contributed by atoms with E-state index in [9.17, 15) is 0 Å². The monoisotopic (exact) mass is 341 g/mol. The van der Waals surface area contributed by atoms with Crippen LogP contribution in [0.3, 0.4) is 0 Å². The highest BCUT2D eigenvalue weighted by molar-refractivity contribution is 9.10. The number of anilines is 1. The molecule has 0 saturated carbocycles. The summed E-state index contributed by atoms with van der Waals surface area (Å²) in [5.74, 6) is 0. The predicted molar refractivity (Wildman–Crippen MR) is 89.0 cm³/mol. The van der Waals surface area contributed by atoms with E-state index in [1.165, 1.54) is 31.6 Å². The molecule has 104 valence electrons. The van der Waals surface area contributed by atoms with Crippen molar-refractivity contribution in [2.24, 2.45) is 5.73 Å². The van der Waals surface area contributed by atoms with Gasteiger partial charge in [0.2, 0.25) is 0 Å². The highest BCUT2D eigenvalue weighted by Gasteiger charge is 2.21. The number of nitrogens with zero attached hydrogens (tertiary/aromatic N) is 2. The SMILES string of the molecule is CN1CCC(N(C)c2ccc(C(N)=S)c(Br)c2)CC1. The first-order valence-corrected chi connectivity index (χ1v) is 7.70. The maximum Gasteiger partial charge on any atom is 0.105 e. The minimum atomic E-state index is 0.431. The molecular formula is C14H20BrN3S. The second-order valence-corrected chi connectivity index (χ2v) is 6.47. The Balaban J connectivity index is 2.13. The van der Waals surface area contributed by atoms with Crippen LogP contribution in [0.1, 0.15) is 18.4 Å². The number of hydrogen-bond donors (Lipinski definition) is 1.